The summed E-state index contributed by atoms with van der Waals surface area (Å²) in [4.78, 5) is 8.79. The zero-order valence-corrected chi connectivity index (χ0v) is 11.4. The highest BCUT2D eigenvalue weighted by atomic mass is 79.9. The van der Waals surface area contributed by atoms with E-state index in [4.69, 9.17) is 5.73 Å². The molecule has 0 fully saturated rings. The standard InChI is InChI=1S/C13H14BrN3/c1-8(2)11-7-12(15)17-13(16-11)9-3-5-10(14)6-4-9/h3-8H,1-2H3,(H2,15,16,17). The number of aromatic nitrogens is 2. The van der Waals surface area contributed by atoms with Crippen molar-refractivity contribution in [3.8, 4) is 11.4 Å². The maximum atomic E-state index is 5.80. The first-order chi connectivity index (χ1) is 8.06. The van der Waals surface area contributed by atoms with Gasteiger partial charge in [-0.25, -0.2) is 9.97 Å². The highest BCUT2D eigenvalue weighted by Gasteiger charge is 2.07. The van der Waals surface area contributed by atoms with Crippen LogP contribution in [-0.4, -0.2) is 9.97 Å². The molecule has 0 amide bonds. The van der Waals surface area contributed by atoms with Gasteiger partial charge in [0, 0.05) is 21.8 Å². The largest absolute Gasteiger partial charge is 0.384 e. The molecule has 0 bridgehead atoms. The van der Waals surface area contributed by atoms with Crippen LogP contribution in [0.2, 0.25) is 0 Å². The molecule has 0 saturated heterocycles. The summed E-state index contributed by atoms with van der Waals surface area (Å²) in [5.41, 5.74) is 7.75. The lowest BCUT2D eigenvalue weighted by atomic mass is 10.1. The normalized spacial score (nSPS) is 10.8. The summed E-state index contributed by atoms with van der Waals surface area (Å²) < 4.78 is 1.04. The van der Waals surface area contributed by atoms with Crippen molar-refractivity contribution < 1.29 is 0 Å². The van der Waals surface area contributed by atoms with Gasteiger partial charge in [-0.15, -0.1) is 0 Å². The molecule has 88 valence electrons. The second kappa shape index (κ2) is 4.84. The molecule has 1 aromatic heterocycles. The number of nitrogens with two attached hydrogens (primary N) is 1. The van der Waals surface area contributed by atoms with Crippen molar-refractivity contribution in [1.82, 2.24) is 9.97 Å². The van der Waals surface area contributed by atoms with Gasteiger partial charge in [-0.1, -0.05) is 41.9 Å². The number of anilines is 1. The molecule has 0 radical (unpaired) electrons. The SMILES string of the molecule is CC(C)c1cc(N)nc(-c2ccc(Br)cc2)n1. The average Bonchev–Trinajstić information content (AvgIpc) is 2.29. The van der Waals surface area contributed by atoms with Crippen LogP contribution in [0.4, 0.5) is 5.82 Å². The molecule has 0 aliphatic rings. The summed E-state index contributed by atoms with van der Waals surface area (Å²) in [7, 11) is 0. The first kappa shape index (κ1) is 12.0. The summed E-state index contributed by atoms with van der Waals surface area (Å²) >= 11 is 3.40. The van der Waals surface area contributed by atoms with E-state index in [2.05, 4.69) is 39.7 Å². The van der Waals surface area contributed by atoms with Crippen LogP contribution in [0.1, 0.15) is 25.5 Å². The van der Waals surface area contributed by atoms with Crippen LogP contribution in [-0.2, 0) is 0 Å². The average molecular weight is 292 g/mol. The molecule has 2 aromatic rings. The van der Waals surface area contributed by atoms with E-state index in [1.165, 1.54) is 0 Å². The Morgan fingerprint density at radius 2 is 1.76 bits per heavy atom. The number of rotatable bonds is 2. The van der Waals surface area contributed by atoms with Crippen molar-refractivity contribution in [2.75, 3.05) is 5.73 Å². The topological polar surface area (TPSA) is 51.8 Å². The van der Waals surface area contributed by atoms with Gasteiger partial charge in [-0.05, 0) is 18.1 Å². The Balaban J connectivity index is 2.48. The van der Waals surface area contributed by atoms with Crippen LogP contribution >= 0.6 is 15.9 Å². The van der Waals surface area contributed by atoms with Crippen LogP contribution in [0.3, 0.4) is 0 Å². The third-order valence-electron chi connectivity index (χ3n) is 2.46. The van der Waals surface area contributed by atoms with E-state index < -0.39 is 0 Å². The van der Waals surface area contributed by atoms with Crippen LogP contribution in [0.15, 0.2) is 34.8 Å². The summed E-state index contributed by atoms with van der Waals surface area (Å²) in [5.74, 6) is 1.54. The third kappa shape index (κ3) is 2.82. The number of hydrogen-bond acceptors (Lipinski definition) is 3. The van der Waals surface area contributed by atoms with Gasteiger partial charge in [0.1, 0.15) is 5.82 Å². The third-order valence-corrected chi connectivity index (χ3v) is 2.99. The number of benzene rings is 1. The lowest BCUT2D eigenvalue weighted by Gasteiger charge is -2.08. The smallest absolute Gasteiger partial charge is 0.161 e. The molecule has 2 rings (SSSR count). The Bertz CT molecular complexity index is 521. The molecule has 1 aromatic carbocycles. The van der Waals surface area contributed by atoms with Crippen LogP contribution in [0, 0.1) is 0 Å². The van der Waals surface area contributed by atoms with Gasteiger partial charge < -0.3 is 5.73 Å². The van der Waals surface area contributed by atoms with E-state index in [1.807, 2.05) is 30.3 Å². The fourth-order valence-corrected chi connectivity index (χ4v) is 1.77. The number of nitrogen functional groups attached to an aromatic ring is 1. The van der Waals surface area contributed by atoms with E-state index >= 15 is 0 Å². The minimum absolute atomic E-state index is 0.342. The molecule has 2 N–H and O–H groups in total. The molecule has 3 nitrogen and oxygen atoms in total. The number of hydrogen-bond donors (Lipinski definition) is 1. The monoisotopic (exact) mass is 291 g/mol. The minimum atomic E-state index is 0.342. The first-order valence-electron chi connectivity index (χ1n) is 5.46. The summed E-state index contributed by atoms with van der Waals surface area (Å²) in [5, 5.41) is 0. The van der Waals surface area contributed by atoms with Crippen LogP contribution < -0.4 is 5.73 Å². The van der Waals surface area contributed by atoms with Gasteiger partial charge in [-0.2, -0.15) is 0 Å². The van der Waals surface area contributed by atoms with E-state index in [0.717, 1.165) is 15.7 Å². The van der Waals surface area contributed by atoms with Crippen molar-refractivity contribution in [3.05, 3.63) is 40.5 Å². The maximum Gasteiger partial charge on any atom is 0.161 e. The Kier molecular flexibility index (Phi) is 3.43. The van der Waals surface area contributed by atoms with E-state index in [-0.39, 0.29) is 0 Å². The molecule has 0 spiro atoms. The second-order valence-corrected chi connectivity index (χ2v) is 5.12. The molecule has 4 heteroatoms. The zero-order valence-electron chi connectivity index (χ0n) is 9.81. The second-order valence-electron chi connectivity index (χ2n) is 4.20. The zero-order chi connectivity index (χ0) is 12.4. The quantitative estimate of drug-likeness (QED) is 0.920. The molecule has 0 aliphatic carbocycles. The Morgan fingerprint density at radius 3 is 2.35 bits per heavy atom. The predicted molar refractivity (Wildman–Crippen MR) is 73.7 cm³/mol. The van der Waals surface area contributed by atoms with Gasteiger partial charge in [0.2, 0.25) is 0 Å². The van der Waals surface area contributed by atoms with E-state index in [1.54, 1.807) is 0 Å². The van der Waals surface area contributed by atoms with Gasteiger partial charge in [0.15, 0.2) is 5.82 Å². The molecule has 17 heavy (non-hydrogen) atoms. The van der Waals surface area contributed by atoms with Crippen molar-refractivity contribution in [1.29, 1.82) is 0 Å². The van der Waals surface area contributed by atoms with Crippen molar-refractivity contribution >= 4 is 21.7 Å². The van der Waals surface area contributed by atoms with Gasteiger partial charge >= 0.3 is 0 Å². The van der Waals surface area contributed by atoms with E-state index in [9.17, 15) is 0 Å². The fraction of sp³-hybridized carbons (Fsp3) is 0.231. The summed E-state index contributed by atoms with van der Waals surface area (Å²) in [6.45, 7) is 4.18. The van der Waals surface area contributed by atoms with Crippen molar-refractivity contribution in [3.63, 3.8) is 0 Å². The Hall–Kier alpha value is -1.42. The first-order valence-corrected chi connectivity index (χ1v) is 6.26. The lowest BCUT2D eigenvalue weighted by Crippen LogP contribution is -2.01. The molecule has 0 aliphatic heterocycles. The van der Waals surface area contributed by atoms with Gasteiger partial charge in [0.25, 0.3) is 0 Å². The molecule has 0 saturated carbocycles. The summed E-state index contributed by atoms with van der Waals surface area (Å²) in [6.07, 6.45) is 0. The van der Waals surface area contributed by atoms with Gasteiger partial charge in [0.05, 0.1) is 0 Å². The van der Waals surface area contributed by atoms with Crippen LogP contribution in [0.25, 0.3) is 11.4 Å². The molecule has 0 atom stereocenters. The fourth-order valence-electron chi connectivity index (χ4n) is 1.51. The summed E-state index contributed by atoms with van der Waals surface area (Å²) in [6, 6.07) is 9.72. The predicted octanol–water partition coefficient (Wildman–Crippen LogP) is 3.61. The highest BCUT2D eigenvalue weighted by Crippen LogP contribution is 2.22. The maximum absolute atomic E-state index is 5.80. The molecule has 0 unspecified atom stereocenters. The van der Waals surface area contributed by atoms with E-state index in [0.29, 0.717) is 17.6 Å². The molecular formula is C13H14BrN3. The lowest BCUT2D eigenvalue weighted by molar-refractivity contribution is 0.818. The van der Waals surface area contributed by atoms with Crippen molar-refractivity contribution in [2.24, 2.45) is 0 Å². The Morgan fingerprint density at radius 1 is 1.12 bits per heavy atom. The molecule has 1 heterocycles. The minimum Gasteiger partial charge on any atom is -0.384 e. The van der Waals surface area contributed by atoms with Crippen LogP contribution in [0.5, 0.6) is 0 Å². The highest BCUT2D eigenvalue weighted by molar-refractivity contribution is 9.10. The molecular weight excluding hydrogens is 278 g/mol. The Labute approximate surface area is 109 Å². The van der Waals surface area contributed by atoms with Gasteiger partial charge in [-0.3, -0.25) is 0 Å². The van der Waals surface area contributed by atoms with Crippen molar-refractivity contribution in [2.45, 2.75) is 19.8 Å². The number of halogens is 1. The number of nitrogens with zero attached hydrogens (tertiary/aromatic N) is 2.